The summed E-state index contributed by atoms with van der Waals surface area (Å²) in [6, 6.07) is 4.79. The molecule has 0 saturated carbocycles. The maximum atomic E-state index is 10.6. The normalized spacial score (nSPS) is 11.3. The van der Waals surface area contributed by atoms with Crippen LogP contribution in [0.3, 0.4) is 0 Å². The average molecular weight is 321 g/mol. The molecule has 0 atom stereocenters. The summed E-state index contributed by atoms with van der Waals surface area (Å²) in [7, 11) is -3.85. The number of hydrogen-bond donors (Lipinski definition) is 1. The van der Waals surface area contributed by atoms with Gasteiger partial charge in [0.2, 0.25) is 0 Å². The van der Waals surface area contributed by atoms with Gasteiger partial charge in [0.15, 0.2) is 0 Å². The maximum Gasteiger partial charge on any atom is 0.264 e. The summed E-state index contributed by atoms with van der Waals surface area (Å²) in [6.07, 6.45) is 3.39. The Bertz CT molecular complexity index is 542. The van der Waals surface area contributed by atoms with E-state index in [1.54, 1.807) is 18.2 Å². The standard InChI is InChI=1S/C13H17ClO5S/c14-12-6-5-11(10-15)9-13(12)19-7-3-1-2-4-8-20(16,17)18/h5-6,9-10H,1-4,7-8H2,(H,16,17,18). The highest BCUT2D eigenvalue weighted by Gasteiger charge is 2.04. The van der Waals surface area contributed by atoms with Gasteiger partial charge in [-0.05, 0) is 31.0 Å². The molecule has 0 bridgehead atoms. The third kappa shape index (κ3) is 6.88. The van der Waals surface area contributed by atoms with Gasteiger partial charge in [0, 0.05) is 5.56 Å². The van der Waals surface area contributed by atoms with E-state index in [2.05, 4.69) is 0 Å². The van der Waals surface area contributed by atoms with Crippen LogP contribution in [0.25, 0.3) is 0 Å². The molecule has 20 heavy (non-hydrogen) atoms. The minimum atomic E-state index is -3.85. The molecule has 7 heteroatoms. The van der Waals surface area contributed by atoms with Crippen LogP contribution >= 0.6 is 11.6 Å². The first-order chi connectivity index (χ1) is 9.42. The van der Waals surface area contributed by atoms with Crippen LogP contribution in [-0.4, -0.2) is 31.6 Å². The molecule has 0 spiro atoms. The Kier molecular flexibility index (Phi) is 6.98. The molecule has 1 N–H and O–H groups in total. The SMILES string of the molecule is O=Cc1ccc(Cl)c(OCCCCCCS(=O)(=O)O)c1. The van der Waals surface area contributed by atoms with Crippen molar-refractivity contribution < 1.29 is 22.5 Å². The Balaban J connectivity index is 2.23. The third-order valence-corrected chi connectivity index (χ3v) is 3.76. The van der Waals surface area contributed by atoms with E-state index < -0.39 is 10.1 Å². The molecule has 0 heterocycles. The lowest BCUT2D eigenvalue weighted by atomic mass is 10.2. The fourth-order valence-electron chi connectivity index (χ4n) is 1.63. The highest BCUT2D eigenvalue weighted by Crippen LogP contribution is 2.25. The first-order valence-corrected chi connectivity index (χ1v) is 8.24. The van der Waals surface area contributed by atoms with E-state index in [4.69, 9.17) is 20.9 Å². The van der Waals surface area contributed by atoms with E-state index in [0.29, 0.717) is 35.8 Å². The summed E-state index contributed by atoms with van der Waals surface area (Å²) in [6.45, 7) is 0.438. The maximum absolute atomic E-state index is 10.6. The van der Waals surface area contributed by atoms with Crippen LogP contribution in [0.5, 0.6) is 5.75 Å². The number of halogens is 1. The van der Waals surface area contributed by atoms with Gasteiger partial charge >= 0.3 is 0 Å². The molecule has 0 fully saturated rings. The molecule has 0 saturated heterocycles. The van der Waals surface area contributed by atoms with Gasteiger partial charge in [0.05, 0.1) is 17.4 Å². The van der Waals surface area contributed by atoms with Gasteiger partial charge in [-0.3, -0.25) is 9.35 Å². The molecular weight excluding hydrogens is 304 g/mol. The summed E-state index contributed by atoms with van der Waals surface area (Å²) in [5.41, 5.74) is 0.498. The average Bonchev–Trinajstić information content (AvgIpc) is 2.38. The van der Waals surface area contributed by atoms with Crippen molar-refractivity contribution in [2.75, 3.05) is 12.4 Å². The van der Waals surface area contributed by atoms with Crippen molar-refractivity contribution in [3.05, 3.63) is 28.8 Å². The molecule has 0 radical (unpaired) electrons. The molecule has 112 valence electrons. The van der Waals surface area contributed by atoms with Crippen molar-refractivity contribution in [1.82, 2.24) is 0 Å². The van der Waals surface area contributed by atoms with Crippen molar-refractivity contribution in [1.29, 1.82) is 0 Å². The fraction of sp³-hybridized carbons (Fsp3) is 0.462. The molecule has 0 aliphatic heterocycles. The molecule has 1 aromatic rings. The second kappa shape index (κ2) is 8.24. The molecule has 0 aromatic heterocycles. The van der Waals surface area contributed by atoms with Gasteiger partial charge in [-0.1, -0.05) is 24.4 Å². The number of aldehydes is 1. The van der Waals surface area contributed by atoms with E-state index in [9.17, 15) is 13.2 Å². The van der Waals surface area contributed by atoms with Crippen molar-refractivity contribution in [3.8, 4) is 5.75 Å². The minimum Gasteiger partial charge on any atom is -0.492 e. The van der Waals surface area contributed by atoms with Gasteiger partial charge in [0.25, 0.3) is 10.1 Å². The summed E-state index contributed by atoms with van der Waals surface area (Å²) in [4.78, 5) is 10.6. The Morgan fingerprint density at radius 3 is 2.55 bits per heavy atom. The fourth-order valence-corrected chi connectivity index (χ4v) is 2.37. The van der Waals surface area contributed by atoms with Gasteiger partial charge in [-0.25, -0.2) is 0 Å². The van der Waals surface area contributed by atoms with Crippen LogP contribution in [0.4, 0.5) is 0 Å². The number of unbranched alkanes of at least 4 members (excludes halogenated alkanes) is 3. The van der Waals surface area contributed by atoms with E-state index in [0.717, 1.165) is 19.1 Å². The molecule has 0 aliphatic carbocycles. The molecule has 1 aromatic carbocycles. The van der Waals surface area contributed by atoms with Crippen molar-refractivity contribution in [2.24, 2.45) is 0 Å². The smallest absolute Gasteiger partial charge is 0.264 e. The van der Waals surface area contributed by atoms with Crippen molar-refractivity contribution in [3.63, 3.8) is 0 Å². The Morgan fingerprint density at radius 1 is 1.20 bits per heavy atom. The van der Waals surface area contributed by atoms with Crippen LogP contribution in [0, 0.1) is 0 Å². The van der Waals surface area contributed by atoms with Crippen LogP contribution < -0.4 is 4.74 Å². The van der Waals surface area contributed by atoms with Crippen molar-refractivity contribution >= 4 is 28.0 Å². The lowest BCUT2D eigenvalue weighted by Gasteiger charge is -2.08. The number of carbonyl (C=O) groups excluding carboxylic acids is 1. The predicted molar refractivity (Wildman–Crippen MR) is 77.2 cm³/mol. The zero-order valence-electron chi connectivity index (χ0n) is 10.9. The number of benzene rings is 1. The predicted octanol–water partition coefficient (Wildman–Crippen LogP) is 2.98. The van der Waals surface area contributed by atoms with Crippen molar-refractivity contribution in [2.45, 2.75) is 25.7 Å². The molecule has 5 nitrogen and oxygen atoms in total. The zero-order valence-corrected chi connectivity index (χ0v) is 12.5. The van der Waals surface area contributed by atoms with E-state index >= 15 is 0 Å². The molecule has 1 rings (SSSR count). The molecule has 0 aliphatic rings. The lowest BCUT2D eigenvalue weighted by Crippen LogP contribution is -2.04. The number of ether oxygens (including phenoxy) is 1. The van der Waals surface area contributed by atoms with Crippen LogP contribution in [0.1, 0.15) is 36.0 Å². The van der Waals surface area contributed by atoms with Gasteiger partial charge in [0.1, 0.15) is 12.0 Å². The molecule has 0 unspecified atom stereocenters. The second-order valence-electron chi connectivity index (χ2n) is 4.36. The van der Waals surface area contributed by atoms with Crippen LogP contribution in [0.2, 0.25) is 5.02 Å². The first-order valence-electron chi connectivity index (χ1n) is 6.25. The van der Waals surface area contributed by atoms with Crippen LogP contribution in [0.15, 0.2) is 18.2 Å². The molecule has 0 amide bonds. The third-order valence-electron chi connectivity index (χ3n) is 2.65. The van der Waals surface area contributed by atoms with Crippen LogP contribution in [-0.2, 0) is 10.1 Å². The topological polar surface area (TPSA) is 80.7 Å². The summed E-state index contributed by atoms with van der Waals surface area (Å²) in [5.74, 6) is 0.260. The van der Waals surface area contributed by atoms with Gasteiger partial charge in [-0.2, -0.15) is 8.42 Å². The zero-order chi connectivity index (χ0) is 15.0. The Labute approximate surface area is 123 Å². The monoisotopic (exact) mass is 320 g/mol. The second-order valence-corrected chi connectivity index (χ2v) is 6.34. The largest absolute Gasteiger partial charge is 0.492 e. The van der Waals surface area contributed by atoms with Gasteiger partial charge < -0.3 is 4.74 Å². The molecular formula is C13H17ClO5S. The Morgan fingerprint density at radius 2 is 1.90 bits per heavy atom. The quantitative estimate of drug-likeness (QED) is 0.430. The highest BCUT2D eigenvalue weighted by atomic mass is 35.5. The summed E-state index contributed by atoms with van der Waals surface area (Å²) < 4.78 is 35.0. The lowest BCUT2D eigenvalue weighted by molar-refractivity contribution is 0.112. The first kappa shape index (κ1) is 16.9. The number of carbonyl (C=O) groups is 1. The van der Waals surface area contributed by atoms with E-state index in [1.807, 2.05) is 0 Å². The minimum absolute atomic E-state index is 0.207. The van der Waals surface area contributed by atoms with Gasteiger partial charge in [-0.15, -0.1) is 0 Å². The number of hydrogen-bond acceptors (Lipinski definition) is 4. The number of rotatable bonds is 9. The summed E-state index contributed by atoms with van der Waals surface area (Å²) in [5, 5.41) is 0.446. The summed E-state index contributed by atoms with van der Waals surface area (Å²) >= 11 is 5.93. The highest BCUT2D eigenvalue weighted by molar-refractivity contribution is 7.85. The van der Waals surface area contributed by atoms with E-state index in [1.165, 1.54) is 0 Å². The van der Waals surface area contributed by atoms with E-state index in [-0.39, 0.29) is 5.75 Å². The Hall–Kier alpha value is -1.11.